The van der Waals surface area contributed by atoms with E-state index in [0.717, 1.165) is 55.4 Å². The molecule has 1 unspecified atom stereocenters. The van der Waals surface area contributed by atoms with Crippen LogP contribution in [-0.4, -0.2) is 18.4 Å². The molecule has 2 aliphatic carbocycles. The molecule has 2 amide bonds. The summed E-state index contributed by atoms with van der Waals surface area (Å²) >= 11 is 0. The molecule has 1 heterocycles. The van der Waals surface area contributed by atoms with Gasteiger partial charge in [0.05, 0.1) is 0 Å². The first-order valence-electron chi connectivity index (χ1n) is 8.67. The van der Waals surface area contributed by atoms with Crippen molar-refractivity contribution in [1.82, 2.24) is 10.6 Å². The average molecular weight is 328 g/mol. The maximum atomic E-state index is 12.4. The van der Waals surface area contributed by atoms with Gasteiger partial charge in [-0.25, -0.2) is 0 Å². The SMILES string of the molecule is Cc1ccc(C(CNC(=O)C2=CCCC2)NC(=O)C2=CCCC2)o1. The molecule has 128 valence electrons. The Kier molecular flexibility index (Phi) is 5.18. The third kappa shape index (κ3) is 3.96. The Morgan fingerprint density at radius 3 is 2.29 bits per heavy atom. The summed E-state index contributed by atoms with van der Waals surface area (Å²) in [4.78, 5) is 24.6. The van der Waals surface area contributed by atoms with E-state index in [1.807, 2.05) is 31.2 Å². The van der Waals surface area contributed by atoms with Crippen LogP contribution in [0.4, 0.5) is 0 Å². The summed E-state index contributed by atoms with van der Waals surface area (Å²) in [6, 6.07) is 3.35. The van der Waals surface area contributed by atoms with E-state index in [4.69, 9.17) is 4.42 Å². The smallest absolute Gasteiger partial charge is 0.247 e. The predicted octanol–water partition coefficient (Wildman–Crippen LogP) is 3.08. The normalized spacial score (nSPS) is 18.0. The molecule has 0 bridgehead atoms. The van der Waals surface area contributed by atoms with Crippen LogP contribution in [0.5, 0.6) is 0 Å². The molecule has 3 rings (SSSR count). The maximum Gasteiger partial charge on any atom is 0.247 e. The van der Waals surface area contributed by atoms with Gasteiger partial charge in [0.1, 0.15) is 17.6 Å². The molecule has 1 atom stereocenters. The molecule has 0 spiro atoms. The molecule has 1 aromatic heterocycles. The van der Waals surface area contributed by atoms with E-state index in [1.165, 1.54) is 0 Å². The van der Waals surface area contributed by atoms with Crippen LogP contribution in [-0.2, 0) is 9.59 Å². The Bertz CT molecular complexity index is 685. The maximum absolute atomic E-state index is 12.4. The predicted molar refractivity (Wildman–Crippen MR) is 91.2 cm³/mol. The third-order valence-corrected chi connectivity index (χ3v) is 4.54. The van der Waals surface area contributed by atoms with E-state index in [1.54, 1.807) is 0 Å². The minimum absolute atomic E-state index is 0.0462. The average Bonchev–Trinajstić information content (AvgIpc) is 3.32. The monoisotopic (exact) mass is 328 g/mol. The highest BCUT2D eigenvalue weighted by atomic mass is 16.3. The minimum atomic E-state index is -0.362. The van der Waals surface area contributed by atoms with Gasteiger partial charge in [0, 0.05) is 17.7 Å². The molecule has 0 fully saturated rings. The molecule has 24 heavy (non-hydrogen) atoms. The fraction of sp³-hybridized carbons (Fsp3) is 0.474. The molecular formula is C19H24N2O3. The summed E-state index contributed by atoms with van der Waals surface area (Å²) in [5.41, 5.74) is 1.67. The zero-order chi connectivity index (χ0) is 16.9. The van der Waals surface area contributed by atoms with Crippen LogP contribution >= 0.6 is 0 Å². The summed E-state index contributed by atoms with van der Waals surface area (Å²) in [6.45, 7) is 2.19. The van der Waals surface area contributed by atoms with Gasteiger partial charge in [0.2, 0.25) is 11.8 Å². The van der Waals surface area contributed by atoms with Gasteiger partial charge in [-0.05, 0) is 57.6 Å². The van der Waals surface area contributed by atoms with Crippen molar-refractivity contribution in [2.45, 2.75) is 51.5 Å². The van der Waals surface area contributed by atoms with Gasteiger partial charge in [-0.2, -0.15) is 0 Å². The fourth-order valence-electron chi connectivity index (χ4n) is 3.18. The lowest BCUT2D eigenvalue weighted by Crippen LogP contribution is -2.38. The van der Waals surface area contributed by atoms with E-state index < -0.39 is 0 Å². The molecular weight excluding hydrogens is 304 g/mol. The lowest BCUT2D eigenvalue weighted by Gasteiger charge is -2.18. The van der Waals surface area contributed by atoms with Crippen molar-refractivity contribution in [3.63, 3.8) is 0 Å². The Morgan fingerprint density at radius 2 is 1.75 bits per heavy atom. The molecule has 0 saturated carbocycles. The molecule has 0 saturated heterocycles. The van der Waals surface area contributed by atoms with Gasteiger partial charge in [-0.1, -0.05) is 12.2 Å². The molecule has 5 nitrogen and oxygen atoms in total. The molecule has 2 N–H and O–H groups in total. The number of hydrogen-bond donors (Lipinski definition) is 2. The zero-order valence-corrected chi connectivity index (χ0v) is 14.1. The summed E-state index contributed by atoms with van der Waals surface area (Å²) in [5.74, 6) is 1.34. The van der Waals surface area contributed by atoms with Crippen molar-refractivity contribution in [2.24, 2.45) is 0 Å². The topological polar surface area (TPSA) is 71.3 Å². The number of hydrogen-bond acceptors (Lipinski definition) is 3. The number of aryl methyl sites for hydroxylation is 1. The van der Waals surface area contributed by atoms with Crippen molar-refractivity contribution >= 4 is 11.8 Å². The highest BCUT2D eigenvalue weighted by molar-refractivity contribution is 5.95. The summed E-state index contributed by atoms with van der Waals surface area (Å²) < 4.78 is 5.67. The van der Waals surface area contributed by atoms with Crippen LogP contribution in [0, 0.1) is 6.92 Å². The van der Waals surface area contributed by atoms with Crippen molar-refractivity contribution < 1.29 is 14.0 Å². The number of carbonyl (C=O) groups is 2. The van der Waals surface area contributed by atoms with Crippen LogP contribution in [0.25, 0.3) is 0 Å². The van der Waals surface area contributed by atoms with Crippen LogP contribution in [0.15, 0.2) is 39.8 Å². The number of nitrogens with one attached hydrogen (secondary N) is 2. The van der Waals surface area contributed by atoms with E-state index >= 15 is 0 Å². The van der Waals surface area contributed by atoms with E-state index in [-0.39, 0.29) is 17.9 Å². The second-order valence-corrected chi connectivity index (χ2v) is 6.43. The molecule has 5 heteroatoms. The Hall–Kier alpha value is -2.30. The summed E-state index contributed by atoms with van der Waals surface area (Å²) in [7, 11) is 0. The van der Waals surface area contributed by atoms with E-state index in [2.05, 4.69) is 10.6 Å². The first-order chi connectivity index (χ1) is 11.6. The van der Waals surface area contributed by atoms with E-state index in [9.17, 15) is 9.59 Å². The number of allylic oxidation sites excluding steroid dienone is 2. The largest absolute Gasteiger partial charge is 0.464 e. The van der Waals surface area contributed by atoms with Crippen molar-refractivity contribution in [1.29, 1.82) is 0 Å². The van der Waals surface area contributed by atoms with Gasteiger partial charge in [-0.3, -0.25) is 9.59 Å². The molecule has 2 aliphatic rings. The molecule has 0 aromatic carbocycles. The van der Waals surface area contributed by atoms with E-state index in [0.29, 0.717) is 12.3 Å². The molecule has 0 radical (unpaired) electrons. The van der Waals surface area contributed by atoms with Crippen molar-refractivity contribution in [3.05, 3.63) is 47.0 Å². The highest BCUT2D eigenvalue weighted by Gasteiger charge is 2.23. The first kappa shape index (κ1) is 16.6. The van der Waals surface area contributed by atoms with Gasteiger partial charge in [0.25, 0.3) is 0 Å². The Labute approximate surface area is 142 Å². The zero-order valence-electron chi connectivity index (χ0n) is 14.1. The van der Waals surface area contributed by atoms with Gasteiger partial charge < -0.3 is 15.1 Å². The van der Waals surface area contributed by atoms with Crippen LogP contribution < -0.4 is 10.6 Å². The summed E-state index contributed by atoms with van der Waals surface area (Å²) in [5, 5.41) is 5.93. The first-order valence-corrected chi connectivity index (χ1v) is 8.67. The van der Waals surface area contributed by atoms with Gasteiger partial charge in [0.15, 0.2) is 0 Å². The lowest BCUT2D eigenvalue weighted by molar-refractivity contribution is -0.120. The molecule has 1 aromatic rings. The number of amides is 2. The standard InChI is InChI=1S/C19H24N2O3/c1-13-10-11-17(24-13)16(21-19(23)15-8-4-5-9-15)12-20-18(22)14-6-2-3-7-14/h6,8,10-11,16H,2-5,7,9,12H2,1H3,(H,20,22)(H,21,23). The molecule has 0 aliphatic heterocycles. The van der Waals surface area contributed by atoms with Gasteiger partial charge in [-0.15, -0.1) is 0 Å². The van der Waals surface area contributed by atoms with Crippen LogP contribution in [0.3, 0.4) is 0 Å². The number of carbonyl (C=O) groups excluding carboxylic acids is 2. The van der Waals surface area contributed by atoms with Crippen LogP contribution in [0.1, 0.15) is 56.1 Å². The lowest BCUT2D eigenvalue weighted by atomic mass is 10.1. The van der Waals surface area contributed by atoms with Crippen molar-refractivity contribution in [3.8, 4) is 0 Å². The number of furan rings is 1. The van der Waals surface area contributed by atoms with Gasteiger partial charge >= 0.3 is 0 Å². The highest BCUT2D eigenvalue weighted by Crippen LogP contribution is 2.21. The second kappa shape index (κ2) is 7.51. The Balaban J connectivity index is 1.65. The van der Waals surface area contributed by atoms with Crippen molar-refractivity contribution in [2.75, 3.05) is 6.54 Å². The second-order valence-electron chi connectivity index (χ2n) is 6.43. The number of rotatable bonds is 6. The third-order valence-electron chi connectivity index (χ3n) is 4.54. The quantitative estimate of drug-likeness (QED) is 0.843. The fourth-order valence-corrected chi connectivity index (χ4v) is 3.18. The minimum Gasteiger partial charge on any atom is -0.464 e. The Morgan fingerprint density at radius 1 is 1.08 bits per heavy atom. The van der Waals surface area contributed by atoms with Crippen LogP contribution in [0.2, 0.25) is 0 Å². The summed E-state index contributed by atoms with van der Waals surface area (Å²) in [6.07, 6.45) is 9.61.